The minimum Gasteiger partial charge on any atom is -0.184 e. The Morgan fingerprint density at radius 3 is 2.00 bits per heavy atom. The molecule has 0 aromatic heterocycles. The Labute approximate surface area is 100 Å². The molecule has 0 radical (unpaired) electrons. The summed E-state index contributed by atoms with van der Waals surface area (Å²) < 4.78 is 8.70. The van der Waals surface area contributed by atoms with Crippen LogP contribution in [0.15, 0.2) is 30.8 Å². The third-order valence-corrected chi connectivity index (χ3v) is 0.980. The molecule has 1 aromatic rings. The molecule has 0 aliphatic carbocycles. The van der Waals surface area contributed by atoms with Crippen molar-refractivity contribution in [1.82, 2.24) is 0 Å². The van der Waals surface area contributed by atoms with Crippen molar-refractivity contribution in [3.05, 3.63) is 42.5 Å². The van der Waals surface area contributed by atoms with Gasteiger partial charge < -0.3 is 0 Å². The van der Waals surface area contributed by atoms with Crippen LogP contribution in [0.5, 0.6) is 0 Å². The van der Waals surface area contributed by atoms with Crippen LogP contribution in [-0.2, 0) is 4.57 Å². The van der Waals surface area contributed by atoms with Gasteiger partial charge >= 0.3 is 37.8 Å². The van der Waals surface area contributed by atoms with E-state index in [9.17, 15) is 0 Å². The van der Waals surface area contributed by atoms with Crippen LogP contribution in [0.3, 0.4) is 0 Å². The maximum atomic E-state index is 8.70. The van der Waals surface area contributed by atoms with Crippen molar-refractivity contribution in [2.45, 2.75) is 0 Å². The van der Waals surface area contributed by atoms with Gasteiger partial charge in [-0.05, 0) is 0 Å². The van der Waals surface area contributed by atoms with E-state index in [1.165, 1.54) is 0 Å². The van der Waals surface area contributed by atoms with Gasteiger partial charge in [-0.15, -0.1) is 21.9 Å². The molecule has 0 spiro atoms. The van der Waals surface area contributed by atoms with Gasteiger partial charge in [0.05, 0.1) is 0 Å². The summed E-state index contributed by atoms with van der Waals surface area (Å²) in [4.78, 5) is 14.2. The molecule has 0 aliphatic rings. The van der Waals surface area contributed by atoms with Crippen molar-refractivity contribution < 1.29 is 43.9 Å². The topological polar surface area (TPSA) is 57.5 Å². The standard InChI is InChI=1S/C8H7.Na.HO3P/c1-2-8-6-4-3-5-7-8;;1-4(2)3/h2,4-7H,1H2;;(H-,1,2,3)/q-1;+1;/p+1. The van der Waals surface area contributed by atoms with E-state index in [1.54, 1.807) is 0 Å². The molecule has 2 N–H and O–H groups in total. The van der Waals surface area contributed by atoms with Gasteiger partial charge in [0.25, 0.3) is 0 Å². The quantitative estimate of drug-likeness (QED) is 0.344. The van der Waals surface area contributed by atoms with E-state index >= 15 is 0 Å². The van der Waals surface area contributed by atoms with Crippen LogP contribution in [0.1, 0.15) is 5.56 Å². The fraction of sp³-hybridized carbons (Fsp3) is 0. The van der Waals surface area contributed by atoms with Gasteiger partial charge in [0.15, 0.2) is 0 Å². The van der Waals surface area contributed by atoms with Gasteiger partial charge in [-0.3, -0.25) is 0 Å². The maximum absolute atomic E-state index is 8.70. The molecule has 3 nitrogen and oxygen atoms in total. The van der Waals surface area contributed by atoms with Crippen molar-refractivity contribution >= 4 is 14.3 Å². The maximum Gasteiger partial charge on any atom is 1.00 e. The summed E-state index contributed by atoms with van der Waals surface area (Å²) in [7, 11) is -2.87. The molecular formula is C8H9NaO3P+. The summed E-state index contributed by atoms with van der Waals surface area (Å²) in [6.07, 6.45) is 1.81. The fourth-order valence-electron chi connectivity index (χ4n) is 0.536. The van der Waals surface area contributed by atoms with Crippen molar-refractivity contribution in [3.63, 3.8) is 0 Å². The molecule has 0 amide bonds. The number of hydrogen-bond donors (Lipinski definition) is 2. The molecule has 64 valence electrons. The summed E-state index contributed by atoms with van der Waals surface area (Å²) >= 11 is 0. The number of benzene rings is 1. The van der Waals surface area contributed by atoms with E-state index in [4.69, 9.17) is 14.4 Å². The Kier molecular flexibility index (Phi) is 12.0. The van der Waals surface area contributed by atoms with E-state index in [0.29, 0.717) is 0 Å². The molecule has 0 unspecified atom stereocenters. The van der Waals surface area contributed by atoms with Crippen molar-refractivity contribution in [1.29, 1.82) is 0 Å². The molecule has 0 atom stereocenters. The molecule has 0 bridgehead atoms. The zero-order chi connectivity index (χ0) is 9.40. The first kappa shape index (κ1) is 15.5. The van der Waals surface area contributed by atoms with Crippen molar-refractivity contribution in [3.8, 4) is 0 Å². The van der Waals surface area contributed by atoms with Crippen LogP contribution < -0.4 is 29.6 Å². The summed E-state index contributed by atoms with van der Waals surface area (Å²) in [5.74, 6) is 0. The Morgan fingerprint density at radius 2 is 1.77 bits per heavy atom. The van der Waals surface area contributed by atoms with Gasteiger partial charge in [0.2, 0.25) is 0 Å². The summed E-state index contributed by atoms with van der Waals surface area (Å²) in [5.41, 5.74) is 1.14. The normalized spacial score (nSPS) is 7.23. The molecule has 0 fully saturated rings. The monoisotopic (exact) mass is 207 g/mol. The van der Waals surface area contributed by atoms with E-state index in [1.807, 2.05) is 30.3 Å². The number of rotatable bonds is 1. The third-order valence-electron chi connectivity index (χ3n) is 0.980. The molecule has 1 rings (SSSR count). The molecule has 0 heterocycles. The van der Waals surface area contributed by atoms with Gasteiger partial charge in [-0.25, -0.2) is 0 Å². The second-order valence-corrected chi connectivity index (χ2v) is 2.30. The smallest absolute Gasteiger partial charge is 0.184 e. The Morgan fingerprint density at radius 1 is 1.38 bits per heavy atom. The van der Waals surface area contributed by atoms with Crippen LogP contribution in [0, 0.1) is 6.07 Å². The summed E-state index contributed by atoms with van der Waals surface area (Å²) in [6.45, 7) is 3.62. The predicted octanol–water partition coefficient (Wildman–Crippen LogP) is -1.24. The first-order chi connectivity index (χ1) is 5.66. The average Bonchev–Trinajstić information content (AvgIpc) is 2.05. The average molecular weight is 207 g/mol. The van der Waals surface area contributed by atoms with E-state index < -0.39 is 8.25 Å². The largest absolute Gasteiger partial charge is 1.00 e. The summed E-state index contributed by atoms with van der Waals surface area (Å²) in [5, 5.41) is 0. The van der Waals surface area contributed by atoms with Crippen LogP contribution in [0.2, 0.25) is 0 Å². The van der Waals surface area contributed by atoms with Crippen LogP contribution >= 0.6 is 8.25 Å². The van der Waals surface area contributed by atoms with Gasteiger partial charge in [0.1, 0.15) is 0 Å². The van der Waals surface area contributed by atoms with Crippen molar-refractivity contribution in [2.24, 2.45) is 0 Å². The molecular weight excluding hydrogens is 198 g/mol. The Hall–Kier alpha value is -0.0200. The van der Waals surface area contributed by atoms with Crippen LogP contribution in [-0.4, -0.2) is 9.79 Å². The molecule has 0 saturated carbocycles. The zero-order valence-corrected chi connectivity index (χ0v) is 10.2. The van der Waals surface area contributed by atoms with Gasteiger partial charge in [-0.1, -0.05) is 6.08 Å². The van der Waals surface area contributed by atoms with E-state index in [0.717, 1.165) is 5.56 Å². The second kappa shape index (κ2) is 10.1. The fourth-order valence-corrected chi connectivity index (χ4v) is 0.536. The Bertz CT molecular complexity index is 247. The second-order valence-electron chi connectivity index (χ2n) is 1.79. The Balaban J connectivity index is 0. The van der Waals surface area contributed by atoms with Crippen LogP contribution in [0.4, 0.5) is 0 Å². The first-order valence-corrected chi connectivity index (χ1v) is 4.27. The van der Waals surface area contributed by atoms with Gasteiger partial charge in [0, 0.05) is 4.57 Å². The minimum absolute atomic E-state index is 0. The van der Waals surface area contributed by atoms with Gasteiger partial charge in [-0.2, -0.15) is 30.3 Å². The minimum atomic E-state index is -2.87. The van der Waals surface area contributed by atoms with E-state index in [2.05, 4.69) is 12.6 Å². The molecule has 0 aliphatic heterocycles. The molecule has 5 heteroatoms. The molecule has 1 aromatic carbocycles. The predicted molar refractivity (Wildman–Crippen MR) is 47.4 cm³/mol. The van der Waals surface area contributed by atoms with E-state index in [-0.39, 0.29) is 29.6 Å². The number of hydrogen-bond acceptors (Lipinski definition) is 1. The summed E-state index contributed by atoms with van der Waals surface area (Å²) in [6, 6.07) is 10.6. The first-order valence-electron chi connectivity index (χ1n) is 3.10. The SMILES string of the molecule is C=Cc1cc[c-]cc1.O=[P+](O)O.[Na+]. The zero-order valence-electron chi connectivity index (χ0n) is 7.34. The molecule has 13 heavy (non-hydrogen) atoms. The molecule has 0 saturated heterocycles. The van der Waals surface area contributed by atoms with Crippen molar-refractivity contribution in [2.75, 3.05) is 0 Å². The third kappa shape index (κ3) is 12.0. The van der Waals surface area contributed by atoms with Crippen LogP contribution in [0.25, 0.3) is 6.08 Å².